The minimum atomic E-state index is -1.02. The normalized spacial score (nSPS) is 17.2. The van der Waals surface area contributed by atoms with Crippen LogP contribution < -0.4 is 0 Å². The van der Waals surface area contributed by atoms with Crippen molar-refractivity contribution in [2.24, 2.45) is 12.2 Å². The number of oxime groups is 1. The summed E-state index contributed by atoms with van der Waals surface area (Å²) >= 11 is 0. The quantitative estimate of drug-likeness (QED) is 0.759. The van der Waals surface area contributed by atoms with Crippen LogP contribution in [0.5, 0.6) is 0 Å². The summed E-state index contributed by atoms with van der Waals surface area (Å²) in [6.45, 7) is -0.404. The molecule has 0 bridgehead atoms. The van der Waals surface area contributed by atoms with E-state index in [4.69, 9.17) is 9.94 Å². The van der Waals surface area contributed by atoms with E-state index in [2.05, 4.69) is 10.3 Å². The van der Waals surface area contributed by atoms with Crippen molar-refractivity contribution in [3.05, 3.63) is 17.5 Å². The lowest BCUT2D eigenvalue weighted by atomic mass is 9.96. The molecule has 0 saturated carbocycles. The number of carbonyl (C=O) groups is 1. The topological polar surface area (TPSA) is 76.7 Å². The first-order valence-electron chi connectivity index (χ1n) is 5.10. The molecule has 0 aromatic carbocycles. The molecule has 0 unspecified atom stereocenters. The summed E-state index contributed by atoms with van der Waals surface area (Å²) in [6.07, 6.45) is 4.52. The van der Waals surface area contributed by atoms with E-state index in [9.17, 15) is 4.79 Å². The van der Waals surface area contributed by atoms with Gasteiger partial charge < -0.3 is 9.94 Å². The van der Waals surface area contributed by atoms with E-state index < -0.39 is 12.6 Å². The first kappa shape index (κ1) is 10.7. The van der Waals surface area contributed by atoms with Gasteiger partial charge in [0.15, 0.2) is 0 Å². The lowest BCUT2D eigenvalue weighted by molar-refractivity contribution is -0.142. The SMILES string of the molecule is Cn1ncc2c1CCC/C2=N\OCC(=O)O. The van der Waals surface area contributed by atoms with E-state index >= 15 is 0 Å². The summed E-state index contributed by atoms with van der Waals surface area (Å²) in [5, 5.41) is 16.4. The van der Waals surface area contributed by atoms with Gasteiger partial charge in [-0.05, 0) is 19.3 Å². The Balaban J connectivity index is 2.15. The van der Waals surface area contributed by atoms with Gasteiger partial charge in [-0.1, -0.05) is 5.16 Å². The van der Waals surface area contributed by atoms with Gasteiger partial charge in [0.05, 0.1) is 11.9 Å². The number of carboxylic acid groups (broad SMARTS) is 1. The summed E-state index contributed by atoms with van der Waals surface area (Å²) in [5.41, 5.74) is 2.89. The highest BCUT2D eigenvalue weighted by Crippen LogP contribution is 2.20. The Kier molecular flexibility index (Phi) is 2.89. The van der Waals surface area contributed by atoms with Gasteiger partial charge in [-0.3, -0.25) is 4.68 Å². The Labute approximate surface area is 92.5 Å². The van der Waals surface area contributed by atoms with Crippen LogP contribution in [0.15, 0.2) is 11.4 Å². The molecule has 0 fully saturated rings. The van der Waals surface area contributed by atoms with Crippen molar-refractivity contribution in [2.75, 3.05) is 6.61 Å². The number of hydrogen-bond acceptors (Lipinski definition) is 4. The molecule has 1 aliphatic carbocycles. The molecule has 86 valence electrons. The first-order chi connectivity index (χ1) is 7.68. The monoisotopic (exact) mass is 223 g/mol. The first-order valence-corrected chi connectivity index (χ1v) is 5.10. The van der Waals surface area contributed by atoms with E-state index in [-0.39, 0.29) is 0 Å². The van der Waals surface area contributed by atoms with Crippen molar-refractivity contribution in [1.29, 1.82) is 0 Å². The molecule has 0 amide bonds. The number of aryl methyl sites for hydroxylation is 1. The van der Waals surface area contributed by atoms with Crippen molar-refractivity contribution >= 4 is 11.7 Å². The van der Waals surface area contributed by atoms with Gasteiger partial charge in [0.25, 0.3) is 0 Å². The second-order valence-electron chi connectivity index (χ2n) is 3.69. The zero-order valence-electron chi connectivity index (χ0n) is 9.01. The molecule has 0 atom stereocenters. The molecule has 16 heavy (non-hydrogen) atoms. The molecule has 1 aromatic heterocycles. The van der Waals surface area contributed by atoms with Crippen LogP contribution >= 0.6 is 0 Å². The highest BCUT2D eigenvalue weighted by Gasteiger charge is 2.19. The largest absolute Gasteiger partial charge is 0.479 e. The van der Waals surface area contributed by atoms with E-state index in [0.29, 0.717) is 0 Å². The third kappa shape index (κ3) is 2.05. The second kappa shape index (κ2) is 4.34. The van der Waals surface area contributed by atoms with Gasteiger partial charge in [-0.15, -0.1) is 0 Å². The summed E-state index contributed by atoms with van der Waals surface area (Å²) in [5.74, 6) is -1.02. The Hall–Kier alpha value is -1.85. The number of fused-ring (bicyclic) bond motifs is 1. The molecule has 6 nitrogen and oxygen atoms in total. The average molecular weight is 223 g/mol. The fourth-order valence-corrected chi connectivity index (χ4v) is 1.82. The van der Waals surface area contributed by atoms with E-state index in [1.54, 1.807) is 6.20 Å². The predicted molar refractivity (Wildman–Crippen MR) is 56.3 cm³/mol. The summed E-state index contributed by atoms with van der Waals surface area (Å²) in [4.78, 5) is 15.0. The van der Waals surface area contributed by atoms with Gasteiger partial charge in [0, 0.05) is 18.3 Å². The van der Waals surface area contributed by atoms with E-state index in [1.807, 2.05) is 11.7 Å². The zero-order chi connectivity index (χ0) is 11.5. The molecular formula is C10H13N3O3. The molecule has 6 heteroatoms. The standard InChI is InChI=1S/C10H13N3O3/c1-13-9-4-2-3-8(7(9)5-11-13)12-16-6-10(14)15/h5H,2-4,6H2,1H3,(H,14,15)/b12-8+. The summed E-state index contributed by atoms with van der Waals surface area (Å²) < 4.78 is 1.82. The van der Waals surface area contributed by atoms with Crippen molar-refractivity contribution < 1.29 is 14.7 Å². The van der Waals surface area contributed by atoms with Crippen molar-refractivity contribution in [2.45, 2.75) is 19.3 Å². The molecule has 0 spiro atoms. The molecular weight excluding hydrogens is 210 g/mol. The minimum Gasteiger partial charge on any atom is -0.479 e. The number of carboxylic acids is 1. The smallest absolute Gasteiger partial charge is 0.344 e. The van der Waals surface area contributed by atoms with Crippen LogP contribution in [0.4, 0.5) is 0 Å². The Bertz CT molecular complexity index is 437. The fourth-order valence-electron chi connectivity index (χ4n) is 1.82. The minimum absolute atomic E-state index is 0.404. The average Bonchev–Trinajstić information content (AvgIpc) is 2.61. The van der Waals surface area contributed by atoms with Gasteiger partial charge in [0.2, 0.25) is 6.61 Å². The third-order valence-corrected chi connectivity index (χ3v) is 2.56. The lowest BCUT2D eigenvalue weighted by Crippen LogP contribution is -2.14. The van der Waals surface area contributed by atoms with Crippen molar-refractivity contribution in [1.82, 2.24) is 9.78 Å². The van der Waals surface area contributed by atoms with Crippen LogP contribution in [0.1, 0.15) is 24.1 Å². The molecule has 1 N–H and O–H groups in total. The highest BCUT2D eigenvalue weighted by atomic mass is 16.6. The maximum absolute atomic E-state index is 10.3. The van der Waals surface area contributed by atoms with Crippen molar-refractivity contribution in [3.8, 4) is 0 Å². The van der Waals surface area contributed by atoms with Crippen LogP contribution in [0.25, 0.3) is 0 Å². The molecule has 0 aliphatic heterocycles. The predicted octanol–water partition coefficient (Wildman–Crippen LogP) is 0.562. The molecule has 0 saturated heterocycles. The van der Waals surface area contributed by atoms with E-state index in [0.717, 1.165) is 36.2 Å². The maximum Gasteiger partial charge on any atom is 0.344 e. The summed E-state index contributed by atoms with van der Waals surface area (Å²) in [6, 6.07) is 0. The van der Waals surface area contributed by atoms with Crippen LogP contribution in [0.3, 0.4) is 0 Å². The number of aromatic nitrogens is 2. The third-order valence-electron chi connectivity index (χ3n) is 2.56. The Morgan fingerprint density at radius 2 is 2.50 bits per heavy atom. The number of rotatable bonds is 3. The zero-order valence-corrected chi connectivity index (χ0v) is 9.01. The molecule has 1 heterocycles. The highest BCUT2D eigenvalue weighted by molar-refractivity contribution is 6.01. The Morgan fingerprint density at radius 3 is 3.25 bits per heavy atom. The van der Waals surface area contributed by atoms with Crippen LogP contribution in [0, 0.1) is 0 Å². The van der Waals surface area contributed by atoms with Gasteiger partial charge >= 0.3 is 5.97 Å². The second-order valence-corrected chi connectivity index (χ2v) is 3.69. The van der Waals surface area contributed by atoms with Gasteiger partial charge in [-0.2, -0.15) is 5.10 Å². The number of hydrogen-bond donors (Lipinski definition) is 1. The van der Waals surface area contributed by atoms with E-state index in [1.165, 1.54) is 0 Å². The lowest BCUT2D eigenvalue weighted by Gasteiger charge is -2.13. The fraction of sp³-hybridized carbons (Fsp3) is 0.500. The Morgan fingerprint density at radius 1 is 1.69 bits per heavy atom. The molecule has 1 aromatic rings. The van der Waals surface area contributed by atoms with Crippen LogP contribution in [0.2, 0.25) is 0 Å². The van der Waals surface area contributed by atoms with Gasteiger partial charge in [-0.25, -0.2) is 4.79 Å². The molecule has 1 aliphatic rings. The van der Waals surface area contributed by atoms with Crippen LogP contribution in [-0.2, 0) is 23.1 Å². The summed E-state index contributed by atoms with van der Waals surface area (Å²) in [7, 11) is 1.89. The van der Waals surface area contributed by atoms with Crippen LogP contribution in [-0.4, -0.2) is 33.2 Å². The maximum atomic E-state index is 10.3. The van der Waals surface area contributed by atoms with Gasteiger partial charge in [0.1, 0.15) is 0 Å². The number of nitrogens with zero attached hydrogens (tertiary/aromatic N) is 3. The van der Waals surface area contributed by atoms with Crippen molar-refractivity contribution in [3.63, 3.8) is 0 Å². The molecule has 0 radical (unpaired) electrons. The molecule has 2 rings (SSSR count). The number of aliphatic carboxylic acids is 1.